The van der Waals surface area contributed by atoms with Crippen LogP contribution in [0.15, 0.2) is 23.1 Å². The fraction of sp³-hybridized carbons (Fsp3) is 0.474. The number of carboxylic acids is 1. The summed E-state index contributed by atoms with van der Waals surface area (Å²) in [4.78, 5) is 28.7. The molecule has 2 aliphatic rings. The fourth-order valence-electron chi connectivity index (χ4n) is 3.88. The Hall–Kier alpha value is -2.58. The predicted molar refractivity (Wildman–Crippen MR) is 106 cm³/mol. The van der Waals surface area contributed by atoms with Crippen LogP contribution in [-0.2, 0) is 0 Å². The molecule has 27 heavy (non-hydrogen) atoms. The first kappa shape index (κ1) is 17.8. The molecule has 5 N–H and O–H groups in total. The molecule has 1 saturated carbocycles. The SMILES string of the molecule is NCCN1CCN(c2cc3c(cc2N)c(=O)c(C(=O)O)cn3C2CC2)CC1. The van der Waals surface area contributed by atoms with Gasteiger partial charge in [0, 0.05) is 56.9 Å². The van der Waals surface area contributed by atoms with E-state index in [1.807, 2.05) is 10.6 Å². The quantitative estimate of drug-likeness (QED) is 0.662. The summed E-state index contributed by atoms with van der Waals surface area (Å²) in [7, 11) is 0. The van der Waals surface area contributed by atoms with Crippen LogP contribution in [0, 0.1) is 0 Å². The minimum absolute atomic E-state index is 0.197. The third kappa shape index (κ3) is 3.26. The molecule has 2 aromatic rings. The fourth-order valence-corrected chi connectivity index (χ4v) is 3.88. The molecule has 144 valence electrons. The summed E-state index contributed by atoms with van der Waals surface area (Å²) in [6.45, 7) is 5.06. The average Bonchev–Trinajstić information content (AvgIpc) is 3.48. The first-order valence-electron chi connectivity index (χ1n) is 9.38. The number of piperazine rings is 1. The molecule has 0 radical (unpaired) electrons. The van der Waals surface area contributed by atoms with Crippen molar-refractivity contribution < 1.29 is 9.90 Å². The van der Waals surface area contributed by atoms with Gasteiger partial charge in [-0.05, 0) is 25.0 Å². The second kappa shape index (κ2) is 6.86. The molecule has 0 unspecified atom stereocenters. The number of nitrogens with zero attached hydrogens (tertiary/aromatic N) is 3. The van der Waals surface area contributed by atoms with Crippen molar-refractivity contribution in [2.24, 2.45) is 5.73 Å². The summed E-state index contributed by atoms with van der Waals surface area (Å²) in [5.41, 5.74) is 13.4. The maximum absolute atomic E-state index is 12.6. The second-order valence-electron chi connectivity index (χ2n) is 7.36. The molecule has 0 spiro atoms. The molecule has 1 saturated heterocycles. The van der Waals surface area contributed by atoms with Crippen molar-refractivity contribution in [2.45, 2.75) is 18.9 Å². The number of carboxylic acid groups (broad SMARTS) is 1. The number of nitrogens with two attached hydrogens (primary N) is 2. The third-order valence-corrected chi connectivity index (χ3v) is 5.51. The van der Waals surface area contributed by atoms with Gasteiger partial charge in [0.2, 0.25) is 5.43 Å². The van der Waals surface area contributed by atoms with E-state index in [0.29, 0.717) is 17.6 Å². The molecule has 0 bridgehead atoms. The van der Waals surface area contributed by atoms with Crippen LogP contribution in [0.25, 0.3) is 10.9 Å². The van der Waals surface area contributed by atoms with Crippen molar-refractivity contribution >= 4 is 28.2 Å². The van der Waals surface area contributed by atoms with Crippen molar-refractivity contribution in [1.82, 2.24) is 9.47 Å². The van der Waals surface area contributed by atoms with Crippen LogP contribution in [0.4, 0.5) is 11.4 Å². The summed E-state index contributed by atoms with van der Waals surface area (Å²) in [6, 6.07) is 3.85. The van der Waals surface area contributed by atoms with Crippen molar-refractivity contribution in [2.75, 3.05) is 49.9 Å². The number of aromatic carboxylic acids is 1. The van der Waals surface area contributed by atoms with Crippen LogP contribution in [0.2, 0.25) is 0 Å². The van der Waals surface area contributed by atoms with Crippen LogP contribution in [-0.4, -0.2) is 59.8 Å². The zero-order chi connectivity index (χ0) is 19.1. The van der Waals surface area contributed by atoms with Crippen LogP contribution >= 0.6 is 0 Å². The lowest BCUT2D eigenvalue weighted by atomic mass is 10.1. The molecule has 1 aromatic heterocycles. The van der Waals surface area contributed by atoms with E-state index >= 15 is 0 Å². The lowest BCUT2D eigenvalue weighted by Gasteiger charge is -2.36. The number of benzene rings is 1. The van der Waals surface area contributed by atoms with E-state index in [1.165, 1.54) is 6.20 Å². The molecule has 2 heterocycles. The normalized spacial score (nSPS) is 18.2. The first-order chi connectivity index (χ1) is 13.0. The smallest absolute Gasteiger partial charge is 0.341 e. The van der Waals surface area contributed by atoms with Gasteiger partial charge in [0.05, 0.1) is 16.9 Å². The Kier molecular flexibility index (Phi) is 4.53. The van der Waals surface area contributed by atoms with E-state index in [2.05, 4.69) is 9.80 Å². The molecule has 1 aromatic carbocycles. The number of carbonyl (C=O) groups is 1. The lowest BCUT2D eigenvalue weighted by Crippen LogP contribution is -2.48. The average molecular weight is 371 g/mol. The molecule has 8 heteroatoms. The Balaban J connectivity index is 1.77. The largest absolute Gasteiger partial charge is 0.477 e. The van der Waals surface area contributed by atoms with E-state index in [1.54, 1.807) is 6.07 Å². The number of rotatable bonds is 5. The summed E-state index contributed by atoms with van der Waals surface area (Å²) in [5.74, 6) is -1.20. The van der Waals surface area contributed by atoms with Gasteiger partial charge in [0.25, 0.3) is 0 Å². The topological polar surface area (TPSA) is 118 Å². The van der Waals surface area contributed by atoms with Crippen molar-refractivity contribution in [3.8, 4) is 0 Å². The van der Waals surface area contributed by atoms with Crippen LogP contribution in [0.5, 0.6) is 0 Å². The summed E-state index contributed by atoms with van der Waals surface area (Å²) >= 11 is 0. The van der Waals surface area contributed by atoms with Gasteiger partial charge < -0.3 is 26.0 Å². The van der Waals surface area contributed by atoms with Crippen molar-refractivity contribution in [3.05, 3.63) is 34.1 Å². The molecular weight excluding hydrogens is 346 g/mol. The zero-order valence-corrected chi connectivity index (χ0v) is 15.2. The lowest BCUT2D eigenvalue weighted by molar-refractivity contribution is 0.0695. The number of nitrogen functional groups attached to an aromatic ring is 1. The van der Waals surface area contributed by atoms with Crippen molar-refractivity contribution in [1.29, 1.82) is 0 Å². The molecule has 1 aliphatic heterocycles. The number of anilines is 2. The molecular formula is C19H25N5O3. The summed E-state index contributed by atoms with van der Waals surface area (Å²) < 4.78 is 1.94. The van der Waals surface area contributed by atoms with Crippen LogP contribution in [0.1, 0.15) is 29.2 Å². The minimum atomic E-state index is -1.20. The van der Waals surface area contributed by atoms with E-state index in [4.69, 9.17) is 11.5 Å². The maximum Gasteiger partial charge on any atom is 0.341 e. The standard InChI is InChI=1S/C19H25N5O3/c20-3-4-22-5-7-23(8-6-22)17-10-16-13(9-15(17)21)18(25)14(19(26)27)11-24(16)12-1-2-12/h9-12H,1-8,20-21H2,(H,26,27). The van der Waals surface area contributed by atoms with Gasteiger partial charge in [-0.2, -0.15) is 0 Å². The minimum Gasteiger partial charge on any atom is -0.477 e. The Labute approximate surface area is 156 Å². The highest BCUT2D eigenvalue weighted by Crippen LogP contribution is 2.38. The van der Waals surface area contributed by atoms with Gasteiger partial charge in [0.15, 0.2) is 0 Å². The molecule has 0 atom stereocenters. The van der Waals surface area contributed by atoms with Gasteiger partial charge in [-0.15, -0.1) is 0 Å². The van der Waals surface area contributed by atoms with E-state index < -0.39 is 11.4 Å². The molecule has 4 rings (SSSR count). The number of fused-ring (bicyclic) bond motifs is 1. The summed E-state index contributed by atoms with van der Waals surface area (Å²) in [6.07, 6.45) is 3.48. The predicted octanol–water partition coefficient (Wildman–Crippen LogP) is 0.697. The van der Waals surface area contributed by atoms with Crippen molar-refractivity contribution in [3.63, 3.8) is 0 Å². The highest BCUT2D eigenvalue weighted by molar-refractivity contribution is 5.96. The third-order valence-electron chi connectivity index (χ3n) is 5.51. The highest BCUT2D eigenvalue weighted by atomic mass is 16.4. The van der Waals surface area contributed by atoms with Gasteiger partial charge in [-0.3, -0.25) is 9.69 Å². The molecule has 2 fully saturated rings. The second-order valence-corrected chi connectivity index (χ2v) is 7.36. The number of pyridine rings is 1. The number of hydrogen-bond donors (Lipinski definition) is 3. The van der Waals surface area contributed by atoms with Crippen LogP contribution < -0.4 is 21.8 Å². The number of aromatic nitrogens is 1. The zero-order valence-electron chi connectivity index (χ0n) is 15.2. The Morgan fingerprint density at radius 2 is 1.89 bits per heavy atom. The molecule has 8 nitrogen and oxygen atoms in total. The van der Waals surface area contributed by atoms with E-state index in [0.717, 1.165) is 56.8 Å². The Morgan fingerprint density at radius 3 is 2.48 bits per heavy atom. The summed E-state index contributed by atoms with van der Waals surface area (Å²) in [5, 5.41) is 9.76. The van der Waals surface area contributed by atoms with Crippen LogP contribution in [0.3, 0.4) is 0 Å². The monoisotopic (exact) mass is 371 g/mol. The molecule has 1 aliphatic carbocycles. The molecule has 0 amide bonds. The first-order valence-corrected chi connectivity index (χ1v) is 9.38. The highest BCUT2D eigenvalue weighted by Gasteiger charge is 2.28. The van der Waals surface area contributed by atoms with Gasteiger partial charge in [0.1, 0.15) is 5.56 Å². The van der Waals surface area contributed by atoms with E-state index in [9.17, 15) is 14.7 Å². The Bertz CT molecular complexity index is 942. The van der Waals surface area contributed by atoms with Gasteiger partial charge >= 0.3 is 5.97 Å². The van der Waals surface area contributed by atoms with E-state index in [-0.39, 0.29) is 11.6 Å². The van der Waals surface area contributed by atoms with Gasteiger partial charge in [-0.1, -0.05) is 0 Å². The van der Waals surface area contributed by atoms with Gasteiger partial charge in [-0.25, -0.2) is 4.79 Å². The maximum atomic E-state index is 12.6. The Morgan fingerprint density at radius 1 is 1.19 bits per heavy atom. The number of hydrogen-bond acceptors (Lipinski definition) is 6.